The van der Waals surface area contributed by atoms with Gasteiger partial charge in [0, 0.05) is 31.9 Å². The third kappa shape index (κ3) is 2.72. The Hall–Kier alpha value is -1.36. The lowest BCUT2D eigenvalue weighted by Gasteiger charge is -2.35. The van der Waals surface area contributed by atoms with Crippen molar-refractivity contribution in [2.24, 2.45) is 12.8 Å². The first-order chi connectivity index (χ1) is 8.61. The normalized spacial score (nSPS) is 23.9. The monoisotopic (exact) mass is 250 g/mol. The highest BCUT2D eigenvalue weighted by molar-refractivity contribution is 5.92. The van der Waals surface area contributed by atoms with Crippen LogP contribution >= 0.6 is 0 Å². The number of nitrogens with two attached hydrogens (primary N) is 1. The summed E-state index contributed by atoms with van der Waals surface area (Å²) in [7, 11) is 1.83. The van der Waals surface area contributed by atoms with Gasteiger partial charge in [0.2, 0.25) is 0 Å². The molecule has 0 atom stereocenters. The second kappa shape index (κ2) is 5.52. The number of nitrogens with zero attached hydrogens (tertiary/aromatic N) is 3. The number of carbonyl (C=O) groups is 1. The lowest BCUT2D eigenvalue weighted by atomic mass is 9.90. The average Bonchev–Trinajstić information content (AvgIpc) is 2.79. The molecule has 0 radical (unpaired) electrons. The number of amides is 1. The molecule has 18 heavy (non-hydrogen) atoms. The Morgan fingerprint density at radius 2 is 2.17 bits per heavy atom. The van der Waals surface area contributed by atoms with Crippen LogP contribution in [-0.4, -0.2) is 39.2 Å². The summed E-state index contributed by atoms with van der Waals surface area (Å²) in [6.45, 7) is 2.75. The molecule has 2 N–H and O–H groups in total. The van der Waals surface area contributed by atoms with E-state index in [1.165, 1.54) is 0 Å². The molecule has 1 heterocycles. The van der Waals surface area contributed by atoms with Crippen molar-refractivity contribution in [3.63, 3.8) is 0 Å². The van der Waals surface area contributed by atoms with Gasteiger partial charge in [-0.3, -0.25) is 9.48 Å². The molecule has 1 amide bonds. The highest BCUT2D eigenvalue weighted by Gasteiger charge is 2.28. The van der Waals surface area contributed by atoms with E-state index in [4.69, 9.17) is 5.73 Å². The molecule has 1 fully saturated rings. The molecule has 0 aliphatic heterocycles. The molecule has 1 saturated carbocycles. The molecule has 5 nitrogen and oxygen atoms in total. The minimum atomic E-state index is 0.0403. The Morgan fingerprint density at radius 3 is 2.67 bits per heavy atom. The van der Waals surface area contributed by atoms with Gasteiger partial charge in [-0.1, -0.05) is 0 Å². The molecule has 1 aliphatic carbocycles. The Kier molecular flexibility index (Phi) is 4.01. The van der Waals surface area contributed by atoms with Crippen molar-refractivity contribution in [1.82, 2.24) is 14.7 Å². The van der Waals surface area contributed by atoms with Gasteiger partial charge in [0.1, 0.15) is 5.69 Å². The van der Waals surface area contributed by atoms with E-state index in [9.17, 15) is 4.79 Å². The van der Waals surface area contributed by atoms with Gasteiger partial charge >= 0.3 is 0 Å². The predicted molar refractivity (Wildman–Crippen MR) is 70.1 cm³/mol. The molecule has 0 aromatic carbocycles. The molecule has 2 rings (SSSR count). The summed E-state index contributed by atoms with van der Waals surface area (Å²) in [6.07, 6.45) is 5.84. The lowest BCUT2D eigenvalue weighted by molar-refractivity contribution is 0.0634. The summed E-state index contributed by atoms with van der Waals surface area (Å²) in [4.78, 5) is 14.3. The fourth-order valence-corrected chi connectivity index (χ4v) is 2.66. The maximum atomic E-state index is 12.4. The van der Waals surface area contributed by atoms with Crippen molar-refractivity contribution in [2.45, 2.75) is 44.7 Å². The van der Waals surface area contributed by atoms with Crippen LogP contribution in [0.1, 0.15) is 43.1 Å². The van der Waals surface area contributed by atoms with E-state index in [0.29, 0.717) is 17.8 Å². The standard InChI is InChI=1S/C13H22N4O/c1-3-17(11-6-4-10(14)5-7-11)13(18)12-8-9-16(2)15-12/h8-11H,3-7,14H2,1-2H3. The zero-order chi connectivity index (χ0) is 13.1. The van der Waals surface area contributed by atoms with E-state index in [1.54, 1.807) is 16.9 Å². The first-order valence-corrected chi connectivity index (χ1v) is 6.68. The Labute approximate surface area is 108 Å². The third-order valence-electron chi connectivity index (χ3n) is 3.72. The number of aryl methyl sites for hydroxylation is 1. The summed E-state index contributed by atoms with van der Waals surface area (Å²) in [5.41, 5.74) is 6.45. The smallest absolute Gasteiger partial charge is 0.274 e. The molecule has 1 aromatic rings. The minimum Gasteiger partial charge on any atom is -0.335 e. The second-order valence-electron chi connectivity index (χ2n) is 5.03. The molecule has 100 valence electrons. The zero-order valence-corrected chi connectivity index (χ0v) is 11.2. The van der Waals surface area contributed by atoms with Gasteiger partial charge in [-0.2, -0.15) is 5.10 Å². The molecule has 0 bridgehead atoms. The van der Waals surface area contributed by atoms with E-state index in [2.05, 4.69) is 5.10 Å². The fourth-order valence-electron chi connectivity index (χ4n) is 2.66. The quantitative estimate of drug-likeness (QED) is 0.875. The number of hydrogen-bond acceptors (Lipinski definition) is 3. The molecule has 5 heteroatoms. The van der Waals surface area contributed by atoms with Crippen LogP contribution in [0.25, 0.3) is 0 Å². The minimum absolute atomic E-state index is 0.0403. The predicted octanol–water partition coefficient (Wildman–Crippen LogP) is 1.15. The topological polar surface area (TPSA) is 64.2 Å². The van der Waals surface area contributed by atoms with E-state index >= 15 is 0 Å². The Balaban J connectivity index is 2.06. The van der Waals surface area contributed by atoms with Gasteiger partial charge in [-0.15, -0.1) is 0 Å². The van der Waals surface area contributed by atoms with Crippen molar-refractivity contribution in [3.8, 4) is 0 Å². The van der Waals surface area contributed by atoms with Crippen LogP contribution in [0.2, 0.25) is 0 Å². The van der Waals surface area contributed by atoms with E-state index in [1.807, 2.05) is 18.9 Å². The van der Waals surface area contributed by atoms with Gasteiger partial charge in [-0.05, 0) is 38.7 Å². The number of carbonyl (C=O) groups excluding carboxylic acids is 1. The van der Waals surface area contributed by atoms with Crippen LogP contribution in [0, 0.1) is 0 Å². The third-order valence-corrected chi connectivity index (χ3v) is 3.72. The number of rotatable bonds is 3. The van der Waals surface area contributed by atoms with E-state index < -0.39 is 0 Å². The van der Waals surface area contributed by atoms with Crippen molar-refractivity contribution in [2.75, 3.05) is 6.54 Å². The lowest BCUT2D eigenvalue weighted by Crippen LogP contribution is -2.44. The summed E-state index contributed by atoms with van der Waals surface area (Å²) in [6, 6.07) is 2.41. The molecule has 0 unspecified atom stereocenters. The first-order valence-electron chi connectivity index (χ1n) is 6.68. The summed E-state index contributed by atoms with van der Waals surface area (Å²) in [5, 5.41) is 4.19. The summed E-state index contributed by atoms with van der Waals surface area (Å²) < 4.78 is 1.66. The van der Waals surface area contributed by atoms with E-state index in [-0.39, 0.29) is 5.91 Å². The largest absolute Gasteiger partial charge is 0.335 e. The Morgan fingerprint density at radius 1 is 1.50 bits per heavy atom. The van der Waals surface area contributed by atoms with Crippen molar-refractivity contribution >= 4 is 5.91 Å². The summed E-state index contributed by atoms with van der Waals surface area (Å²) >= 11 is 0. The summed E-state index contributed by atoms with van der Waals surface area (Å²) in [5.74, 6) is 0.0403. The number of hydrogen-bond donors (Lipinski definition) is 1. The Bertz CT molecular complexity index is 407. The number of aromatic nitrogens is 2. The van der Waals surface area contributed by atoms with E-state index in [0.717, 1.165) is 32.2 Å². The van der Waals surface area contributed by atoms with Crippen molar-refractivity contribution in [1.29, 1.82) is 0 Å². The molecule has 0 spiro atoms. The van der Waals surface area contributed by atoms with Crippen LogP contribution in [0.5, 0.6) is 0 Å². The SMILES string of the molecule is CCN(C(=O)c1ccn(C)n1)C1CCC(N)CC1. The van der Waals surface area contributed by atoms with Gasteiger partial charge in [0.15, 0.2) is 0 Å². The van der Waals surface area contributed by atoms with Gasteiger partial charge in [0.05, 0.1) is 0 Å². The van der Waals surface area contributed by atoms with Crippen LogP contribution in [0.15, 0.2) is 12.3 Å². The van der Waals surface area contributed by atoms with Crippen LogP contribution in [0.3, 0.4) is 0 Å². The zero-order valence-electron chi connectivity index (χ0n) is 11.2. The van der Waals surface area contributed by atoms with Crippen molar-refractivity contribution in [3.05, 3.63) is 18.0 Å². The average molecular weight is 250 g/mol. The van der Waals surface area contributed by atoms with Gasteiger partial charge in [0.25, 0.3) is 5.91 Å². The maximum absolute atomic E-state index is 12.4. The molecular weight excluding hydrogens is 228 g/mol. The van der Waals surface area contributed by atoms with Crippen LogP contribution < -0.4 is 5.73 Å². The van der Waals surface area contributed by atoms with Crippen molar-refractivity contribution < 1.29 is 4.79 Å². The molecule has 1 aromatic heterocycles. The second-order valence-corrected chi connectivity index (χ2v) is 5.03. The van der Waals surface area contributed by atoms with Crippen LogP contribution in [0.4, 0.5) is 0 Å². The molecule has 1 aliphatic rings. The maximum Gasteiger partial charge on any atom is 0.274 e. The highest BCUT2D eigenvalue weighted by atomic mass is 16.2. The van der Waals surface area contributed by atoms with Crippen LogP contribution in [-0.2, 0) is 7.05 Å². The van der Waals surface area contributed by atoms with Gasteiger partial charge in [-0.25, -0.2) is 0 Å². The fraction of sp³-hybridized carbons (Fsp3) is 0.692. The van der Waals surface area contributed by atoms with Gasteiger partial charge < -0.3 is 10.6 Å². The first kappa shape index (κ1) is 13.1. The highest BCUT2D eigenvalue weighted by Crippen LogP contribution is 2.23. The molecule has 0 saturated heterocycles. The molecular formula is C13H22N4O.